The Morgan fingerprint density at radius 3 is 2.42 bits per heavy atom. The van der Waals surface area contributed by atoms with Crippen LogP contribution < -0.4 is 5.32 Å². The van der Waals surface area contributed by atoms with Crippen LogP contribution in [0, 0.1) is 12.3 Å². The molecule has 0 bridgehead atoms. The predicted octanol–water partition coefficient (Wildman–Crippen LogP) is 2.12. The average molecular weight is 261 g/mol. The van der Waals surface area contributed by atoms with Gasteiger partial charge in [-0.3, -0.25) is 0 Å². The van der Waals surface area contributed by atoms with E-state index >= 15 is 0 Å². The zero-order valence-corrected chi connectivity index (χ0v) is 11.7. The first-order valence-electron chi connectivity index (χ1n) is 6.23. The fourth-order valence-corrected chi connectivity index (χ4v) is 1.82. The summed E-state index contributed by atoms with van der Waals surface area (Å²) in [5.41, 5.74) is 0.902. The molecular formula is C14H19N3O2. The minimum absolute atomic E-state index is 0.165. The molecule has 19 heavy (non-hydrogen) atoms. The van der Waals surface area contributed by atoms with Crippen molar-refractivity contribution in [3.63, 3.8) is 0 Å². The normalized spacial score (nSPS) is 10.9. The fourth-order valence-electron chi connectivity index (χ4n) is 1.82. The maximum atomic E-state index is 11.5. The van der Waals surface area contributed by atoms with Gasteiger partial charge >= 0.3 is 5.97 Å². The molecule has 0 amide bonds. The minimum Gasteiger partial charge on any atom is -0.478 e. The molecule has 1 aromatic rings. The lowest BCUT2D eigenvalue weighted by molar-refractivity contribution is 0.0696. The van der Waals surface area contributed by atoms with Crippen molar-refractivity contribution in [2.45, 2.75) is 46.1 Å². The number of terminal acetylenes is 1. The number of aromatic carboxylic acids is 1. The molecule has 0 aliphatic heterocycles. The highest BCUT2D eigenvalue weighted by Crippen LogP contribution is 2.23. The lowest BCUT2D eigenvalue weighted by Gasteiger charge is -2.22. The topological polar surface area (TPSA) is 75.1 Å². The highest BCUT2D eigenvalue weighted by molar-refractivity contribution is 5.95. The second-order valence-electron chi connectivity index (χ2n) is 4.76. The Hall–Kier alpha value is -2.09. The first-order chi connectivity index (χ1) is 8.86. The summed E-state index contributed by atoms with van der Waals surface area (Å²) in [7, 11) is 0. The molecule has 0 unspecified atom stereocenters. The van der Waals surface area contributed by atoms with Crippen molar-refractivity contribution in [2.24, 2.45) is 0 Å². The molecule has 0 aromatic carbocycles. The van der Waals surface area contributed by atoms with Crippen molar-refractivity contribution in [2.75, 3.05) is 5.32 Å². The van der Waals surface area contributed by atoms with Gasteiger partial charge in [0.05, 0.1) is 11.2 Å². The van der Waals surface area contributed by atoms with E-state index in [2.05, 4.69) is 21.4 Å². The fraction of sp³-hybridized carbons (Fsp3) is 0.500. The first-order valence-corrected chi connectivity index (χ1v) is 6.23. The lowest BCUT2D eigenvalue weighted by Crippen LogP contribution is -2.31. The number of rotatable bonds is 5. The van der Waals surface area contributed by atoms with Gasteiger partial charge in [0.15, 0.2) is 5.82 Å². The van der Waals surface area contributed by atoms with Crippen LogP contribution in [-0.4, -0.2) is 26.8 Å². The number of hydrogen-bond acceptors (Lipinski definition) is 4. The summed E-state index contributed by atoms with van der Waals surface area (Å²) in [5.74, 6) is 1.76. The van der Waals surface area contributed by atoms with Crippen LogP contribution in [0.2, 0.25) is 0 Å². The van der Waals surface area contributed by atoms with E-state index in [0.717, 1.165) is 0 Å². The molecule has 0 spiro atoms. The standard InChI is InChI=1S/C14H19N3O2/c1-6-9-10(7-2)16-17-12(11(9)13(18)19)15-14(4,5)8-3/h3H,6-7H2,1-2,4-5H3,(H,15,17)(H,18,19). The second kappa shape index (κ2) is 5.70. The van der Waals surface area contributed by atoms with Crippen LogP contribution in [0.5, 0.6) is 0 Å². The predicted molar refractivity (Wildman–Crippen MR) is 74.3 cm³/mol. The number of carboxylic acid groups (broad SMARTS) is 1. The van der Waals surface area contributed by atoms with E-state index in [1.54, 1.807) is 13.8 Å². The van der Waals surface area contributed by atoms with E-state index in [9.17, 15) is 9.90 Å². The third kappa shape index (κ3) is 3.22. The summed E-state index contributed by atoms with van der Waals surface area (Å²) in [4.78, 5) is 11.5. The molecule has 0 saturated carbocycles. The molecule has 5 nitrogen and oxygen atoms in total. The van der Waals surface area contributed by atoms with Crippen molar-refractivity contribution >= 4 is 11.8 Å². The number of hydrogen-bond donors (Lipinski definition) is 2. The summed E-state index contributed by atoms with van der Waals surface area (Å²) in [6.07, 6.45) is 6.64. The Bertz CT molecular complexity index is 530. The largest absolute Gasteiger partial charge is 0.478 e. The molecule has 0 saturated heterocycles. The summed E-state index contributed by atoms with van der Waals surface area (Å²) in [5, 5.41) is 20.4. The molecule has 0 atom stereocenters. The summed E-state index contributed by atoms with van der Waals surface area (Å²) in [6, 6.07) is 0. The molecule has 0 radical (unpaired) electrons. The summed E-state index contributed by atoms with van der Waals surface area (Å²) in [6.45, 7) is 7.38. The molecule has 0 aliphatic carbocycles. The van der Waals surface area contributed by atoms with Gasteiger partial charge in [0.25, 0.3) is 0 Å². The maximum Gasteiger partial charge on any atom is 0.339 e. The Morgan fingerprint density at radius 2 is 2.00 bits per heavy atom. The van der Waals surface area contributed by atoms with Gasteiger partial charge in [-0.25, -0.2) is 4.79 Å². The zero-order valence-electron chi connectivity index (χ0n) is 11.7. The zero-order chi connectivity index (χ0) is 14.6. The van der Waals surface area contributed by atoms with Crippen molar-refractivity contribution in [3.8, 4) is 12.3 Å². The Labute approximate surface area is 113 Å². The number of nitrogens with zero attached hydrogens (tertiary/aromatic N) is 2. The molecule has 0 fully saturated rings. The van der Waals surface area contributed by atoms with E-state index in [4.69, 9.17) is 6.42 Å². The Kier molecular flexibility index (Phi) is 4.49. The van der Waals surface area contributed by atoms with Crippen LogP contribution in [0.25, 0.3) is 0 Å². The lowest BCUT2D eigenvalue weighted by atomic mass is 10.0. The van der Waals surface area contributed by atoms with Gasteiger partial charge in [0.2, 0.25) is 0 Å². The average Bonchev–Trinajstić information content (AvgIpc) is 2.37. The van der Waals surface area contributed by atoms with Crippen LogP contribution in [0.4, 0.5) is 5.82 Å². The monoisotopic (exact) mass is 261 g/mol. The van der Waals surface area contributed by atoms with E-state index in [1.165, 1.54) is 0 Å². The molecule has 1 aromatic heterocycles. The van der Waals surface area contributed by atoms with Crippen LogP contribution in [0.15, 0.2) is 0 Å². The quantitative estimate of drug-likeness (QED) is 0.794. The number of anilines is 1. The van der Waals surface area contributed by atoms with E-state index in [-0.39, 0.29) is 11.4 Å². The SMILES string of the molecule is C#CC(C)(C)Nc1nnc(CC)c(CC)c1C(=O)O. The molecule has 0 aliphatic rings. The van der Waals surface area contributed by atoms with Gasteiger partial charge in [-0.1, -0.05) is 19.8 Å². The number of nitrogens with one attached hydrogen (secondary N) is 1. The second-order valence-corrected chi connectivity index (χ2v) is 4.76. The van der Waals surface area contributed by atoms with Gasteiger partial charge in [-0.05, 0) is 32.3 Å². The molecule has 1 heterocycles. The first kappa shape index (κ1) is 15.0. The third-order valence-corrected chi connectivity index (χ3v) is 2.85. The third-order valence-electron chi connectivity index (χ3n) is 2.85. The van der Waals surface area contributed by atoms with E-state index in [0.29, 0.717) is 24.1 Å². The number of carboxylic acids is 1. The maximum absolute atomic E-state index is 11.5. The Balaban J connectivity index is 3.42. The highest BCUT2D eigenvalue weighted by atomic mass is 16.4. The van der Waals surface area contributed by atoms with Crippen molar-refractivity contribution in [1.29, 1.82) is 0 Å². The smallest absolute Gasteiger partial charge is 0.339 e. The number of aromatic nitrogens is 2. The molecular weight excluding hydrogens is 242 g/mol. The minimum atomic E-state index is -1.02. The number of aryl methyl sites for hydroxylation is 1. The van der Waals surface area contributed by atoms with Gasteiger partial charge in [0.1, 0.15) is 5.56 Å². The summed E-state index contributed by atoms with van der Waals surface area (Å²) >= 11 is 0. The van der Waals surface area contributed by atoms with Crippen LogP contribution in [-0.2, 0) is 12.8 Å². The van der Waals surface area contributed by atoms with E-state index in [1.807, 2.05) is 13.8 Å². The summed E-state index contributed by atoms with van der Waals surface area (Å²) < 4.78 is 0. The van der Waals surface area contributed by atoms with Gasteiger partial charge in [-0.15, -0.1) is 11.5 Å². The van der Waals surface area contributed by atoms with Gasteiger partial charge in [-0.2, -0.15) is 5.10 Å². The van der Waals surface area contributed by atoms with Crippen molar-refractivity contribution in [3.05, 3.63) is 16.8 Å². The van der Waals surface area contributed by atoms with Crippen LogP contribution >= 0.6 is 0 Å². The van der Waals surface area contributed by atoms with Crippen molar-refractivity contribution in [1.82, 2.24) is 10.2 Å². The van der Waals surface area contributed by atoms with Gasteiger partial charge in [0, 0.05) is 0 Å². The highest BCUT2D eigenvalue weighted by Gasteiger charge is 2.24. The molecule has 2 N–H and O–H groups in total. The van der Waals surface area contributed by atoms with Gasteiger partial charge < -0.3 is 10.4 Å². The Morgan fingerprint density at radius 1 is 1.37 bits per heavy atom. The van der Waals surface area contributed by atoms with Crippen molar-refractivity contribution < 1.29 is 9.90 Å². The van der Waals surface area contributed by atoms with Crippen LogP contribution in [0.1, 0.15) is 49.3 Å². The van der Waals surface area contributed by atoms with E-state index < -0.39 is 11.5 Å². The number of carbonyl (C=O) groups is 1. The van der Waals surface area contributed by atoms with Crippen LogP contribution in [0.3, 0.4) is 0 Å². The molecule has 102 valence electrons. The molecule has 5 heteroatoms. The molecule has 1 rings (SSSR count).